The molecule has 0 aliphatic rings. The summed E-state index contributed by atoms with van der Waals surface area (Å²) in [5.74, 6) is 0.858. The van der Waals surface area contributed by atoms with Gasteiger partial charge in [0.05, 0.1) is 30.5 Å². The molecule has 2 aromatic heterocycles. The molecule has 0 spiro atoms. The third-order valence-corrected chi connectivity index (χ3v) is 6.06. The van der Waals surface area contributed by atoms with Crippen molar-refractivity contribution in [3.05, 3.63) is 82.3 Å². The highest BCUT2D eigenvalue weighted by Crippen LogP contribution is 2.17. The molecule has 2 heterocycles. The van der Waals surface area contributed by atoms with Crippen molar-refractivity contribution in [2.45, 2.75) is 52.6 Å². The second-order valence-corrected chi connectivity index (χ2v) is 9.49. The lowest BCUT2D eigenvalue weighted by Gasteiger charge is -2.18. The Bertz CT molecular complexity index is 1410. The summed E-state index contributed by atoms with van der Waals surface area (Å²) in [6, 6.07) is 10.6. The van der Waals surface area contributed by atoms with E-state index in [1.165, 1.54) is 11.0 Å². The number of benzene rings is 1. The third-order valence-electron chi connectivity index (χ3n) is 6.06. The quantitative estimate of drug-likeness (QED) is 0.140. The molecule has 39 heavy (non-hydrogen) atoms. The molecule has 0 atom stereocenters. The summed E-state index contributed by atoms with van der Waals surface area (Å²) in [6.07, 6.45) is 8.05. The molecule has 0 aliphatic carbocycles. The Morgan fingerprint density at radius 3 is 2.54 bits per heavy atom. The van der Waals surface area contributed by atoms with Gasteiger partial charge in [-0.3, -0.25) is 19.0 Å². The molecule has 0 aliphatic heterocycles. The highest BCUT2D eigenvalue weighted by Gasteiger charge is 2.16. The van der Waals surface area contributed by atoms with Crippen LogP contribution in [0.1, 0.15) is 44.6 Å². The van der Waals surface area contributed by atoms with Crippen LogP contribution in [0.4, 0.5) is 0 Å². The molecule has 0 saturated heterocycles. The van der Waals surface area contributed by atoms with Crippen molar-refractivity contribution in [1.29, 1.82) is 0 Å². The van der Waals surface area contributed by atoms with Gasteiger partial charge in [-0.2, -0.15) is 0 Å². The Labute approximate surface area is 228 Å². The Kier molecular flexibility index (Phi) is 10.5. The monoisotopic (exact) mass is 532 g/mol. The fourth-order valence-electron chi connectivity index (χ4n) is 3.89. The van der Waals surface area contributed by atoms with Crippen LogP contribution < -0.4 is 10.3 Å². The van der Waals surface area contributed by atoms with Gasteiger partial charge in [0.2, 0.25) is 5.91 Å². The molecule has 1 amide bonds. The summed E-state index contributed by atoms with van der Waals surface area (Å²) in [6.45, 7) is 6.03. The van der Waals surface area contributed by atoms with E-state index in [0.29, 0.717) is 46.7 Å². The minimum Gasteiger partial charge on any atom is -0.499 e. The molecule has 0 N–H and O–H groups in total. The summed E-state index contributed by atoms with van der Waals surface area (Å²) < 4.78 is 12.1. The van der Waals surface area contributed by atoms with Crippen LogP contribution in [-0.4, -0.2) is 58.4 Å². The number of rotatable bonds is 13. The fraction of sp³-hybridized carbons (Fsp3) is 0.367. The van der Waals surface area contributed by atoms with Crippen molar-refractivity contribution in [3.8, 4) is 11.4 Å². The van der Waals surface area contributed by atoms with E-state index >= 15 is 0 Å². The number of carbonyl (C=O) groups is 2. The second kappa shape index (κ2) is 14.0. The number of unbranched alkanes of at least 4 members (excludes halogenated alkanes) is 1. The first-order valence-electron chi connectivity index (χ1n) is 13.0. The number of ether oxygens (including phenoxy) is 2. The Hall–Kier alpha value is -4.27. The van der Waals surface area contributed by atoms with Crippen LogP contribution in [0.3, 0.4) is 0 Å². The topological polar surface area (TPSA) is 104 Å². The number of allylic oxidation sites excluding steroid dienone is 2. The zero-order chi connectivity index (χ0) is 28.4. The number of aldehydes is 1. The number of nitrogens with zero attached hydrogens (tertiary/aromatic N) is 4. The second-order valence-electron chi connectivity index (χ2n) is 9.49. The maximum atomic E-state index is 13.5. The Morgan fingerprint density at radius 1 is 1.13 bits per heavy atom. The largest absolute Gasteiger partial charge is 0.499 e. The number of aromatic nitrogens is 3. The lowest BCUT2D eigenvalue weighted by molar-refractivity contribution is -0.125. The van der Waals surface area contributed by atoms with Crippen LogP contribution >= 0.6 is 0 Å². The predicted octanol–water partition coefficient (Wildman–Crippen LogP) is 4.33. The molecule has 1 aromatic carbocycles. The predicted molar refractivity (Wildman–Crippen MR) is 151 cm³/mol. The number of aryl methyl sites for hydroxylation is 1. The van der Waals surface area contributed by atoms with Gasteiger partial charge in [0.25, 0.3) is 5.56 Å². The minimum absolute atomic E-state index is 0.121. The number of methoxy groups -OCH3 is 1. The third kappa shape index (κ3) is 8.10. The number of fused-ring (bicyclic) bond motifs is 1. The molecule has 0 saturated carbocycles. The highest BCUT2D eigenvalue weighted by atomic mass is 16.5. The average Bonchev–Trinajstić information content (AvgIpc) is 2.92. The molecule has 0 fully saturated rings. The standard InChI is InChI=1S/C30H36N4O5/c1-21(2)39-18-8-6-7-9-23(20-35)19-28(36)33(4)17-16-27-32-29-26(15-10-22(3)31-29)30(37)34(27)24-11-13-25(38-5)14-12-24/h8,10-15,18-21H,6-7,9,16-17H2,1-5H3/b18-8+,23-19-. The lowest BCUT2D eigenvalue weighted by atomic mass is 10.1. The molecular weight excluding hydrogens is 496 g/mol. The van der Waals surface area contributed by atoms with Gasteiger partial charge in [-0.1, -0.05) is 0 Å². The van der Waals surface area contributed by atoms with Gasteiger partial charge >= 0.3 is 0 Å². The number of likely N-dealkylation sites (N-methyl/N-ethyl adjacent to an activating group) is 1. The van der Waals surface area contributed by atoms with Gasteiger partial charge in [0.1, 0.15) is 17.9 Å². The maximum Gasteiger partial charge on any atom is 0.267 e. The number of amides is 1. The normalized spacial score (nSPS) is 11.8. The van der Waals surface area contributed by atoms with E-state index in [9.17, 15) is 14.4 Å². The van der Waals surface area contributed by atoms with Gasteiger partial charge in [0.15, 0.2) is 5.65 Å². The lowest BCUT2D eigenvalue weighted by Crippen LogP contribution is -2.31. The average molecular weight is 533 g/mol. The van der Waals surface area contributed by atoms with Crippen molar-refractivity contribution < 1.29 is 19.1 Å². The summed E-state index contributed by atoms with van der Waals surface area (Å²) in [5.41, 5.74) is 1.95. The van der Waals surface area contributed by atoms with Crippen molar-refractivity contribution in [2.24, 2.45) is 0 Å². The number of pyridine rings is 1. The molecule has 0 bridgehead atoms. The Morgan fingerprint density at radius 2 is 1.87 bits per heavy atom. The van der Waals surface area contributed by atoms with Crippen molar-refractivity contribution in [2.75, 3.05) is 20.7 Å². The van der Waals surface area contributed by atoms with E-state index in [-0.39, 0.29) is 24.1 Å². The number of hydrogen-bond acceptors (Lipinski definition) is 7. The first-order valence-corrected chi connectivity index (χ1v) is 13.0. The molecule has 206 valence electrons. The van der Waals surface area contributed by atoms with Crippen molar-refractivity contribution >= 4 is 23.2 Å². The molecule has 0 radical (unpaired) electrons. The first-order chi connectivity index (χ1) is 18.7. The van der Waals surface area contributed by atoms with E-state index in [4.69, 9.17) is 14.5 Å². The maximum absolute atomic E-state index is 13.5. The summed E-state index contributed by atoms with van der Waals surface area (Å²) >= 11 is 0. The zero-order valence-electron chi connectivity index (χ0n) is 23.2. The summed E-state index contributed by atoms with van der Waals surface area (Å²) in [4.78, 5) is 48.5. The van der Waals surface area contributed by atoms with Gasteiger partial charge < -0.3 is 14.4 Å². The molecule has 9 nitrogen and oxygen atoms in total. The summed E-state index contributed by atoms with van der Waals surface area (Å²) in [7, 11) is 3.24. The molecular formula is C30H36N4O5. The highest BCUT2D eigenvalue weighted by molar-refractivity contribution is 5.93. The van der Waals surface area contributed by atoms with Crippen LogP contribution in [0, 0.1) is 6.92 Å². The minimum atomic E-state index is -0.288. The van der Waals surface area contributed by atoms with E-state index in [1.807, 2.05) is 26.8 Å². The van der Waals surface area contributed by atoms with Crippen molar-refractivity contribution in [3.63, 3.8) is 0 Å². The zero-order valence-corrected chi connectivity index (χ0v) is 23.2. The van der Waals surface area contributed by atoms with E-state index in [2.05, 4.69) is 4.98 Å². The number of carbonyl (C=O) groups excluding carboxylic acids is 2. The van der Waals surface area contributed by atoms with Crippen LogP contribution in [0.2, 0.25) is 0 Å². The van der Waals surface area contributed by atoms with E-state index in [0.717, 1.165) is 24.8 Å². The molecule has 3 aromatic rings. The fourth-order valence-corrected chi connectivity index (χ4v) is 3.89. The van der Waals surface area contributed by atoms with Crippen LogP contribution in [0.5, 0.6) is 5.75 Å². The van der Waals surface area contributed by atoms with Gasteiger partial charge in [-0.15, -0.1) is 0 Å². The first kappa shape index (κ1) is 29.3. The van der Waals surface area contributed by atoms with Gasteiger partial charge in [-0.25, -0.2) is 9.97 Å². The van der Waals surface area contributed by atoms with Crippen LogP contribution in [-0.2, 0) is 20.7 Å². The molecule has 9 heteroatoms. The molecule has 0 unspecified atom stereocenters. The molecule has 3 rings (SSSR count). The van der Waals surface area contributed by atoms with E-state index in [1.54, 1.807) is 61.4 Å². The number of hydrogen-bond donors (Lipinski definition) is 0. The SMILES string of the molecule is COc1ccc(-n2c(CCN(C)C(=O)/C=C(\C=O)CCC/C=C/OC(C)C)nc3nc(C)ccc3c2=O)cc1. The summed E-state index contributed by atoms with van der Waals surface area (Å²) in [5, 5.41) is 0.411. The Balaban J connectivity index is 1.77. The van der Waals surface area contributed by atoms with Crippen molar-refractivity contribution in [1.82, 2.24) is 19.4 Å². The smallest absolute Gasteiger partial charge is 0.267 e. The van der Waals surface area contributed by atoms with Crippen LogP contribution in [0.25, 0.3) is 16.7 Å². The van der Waals surface area contributed by atoms with Crippen LogP contribution in [0.15, 0.2) is 65.2 Å². The van der Waals surface area contributed by atoms with E-state index < -0.39 is 0 Å². The van der Waals surface area contributed by atoms with Gasteiger partial charge in [0, 0.05) is 31.8 Å². The van der Waals surface area contributed by atoms with Gasteiger partial charge in [-0.05, 0) is 88.1 Å².